The maximum Gasteiger partial charge on any atom is 0.270 e. The number of hydrogen-bond donors (Lipinski definition) is 1. The zero-order chi connectivity index (χ0) is 24.0. The molecule has 0 spiro atoms. The van der Waals surface area contributed by atoms with Crippen LogP contribution in [0.2, 0.25) is 0 Å². The first-order valence-electron chi connectivity index (χ1n) is 10.8. The second-order valence-electron chi connectivity index (χ2n) is 8.65. The molecule has 1 saturated heterocycles. The van der Waals surface area contributed by atoms with E-state index in [2.05, 4.69) is 35.9 Å². The Morgan fingerprint density at radius 3 is 2.21 bits per heavy atom. The summed E-state index contributed by atoms with van der Waals surface area (Å²) in [6.45, 7) is 12.1. The lowest BCUT2D eigenvalue weighted by atomic mass is 10.0. The van der Waals surface area contributed by atoms with Crippen LogP contribution in [0.5, 0.6) is 0 Å². The van der Waals surface area contributed by atoms with Crippen molar-refractivity contribution in [3.05, 3.63) is 87.2 Å². The van der Waals surface area contributed by atoms with E-state index in [1.54, 1.807) is 6.08 Å². The van der Waals surface area contributed by atoms with Crippen molar-refractivity contribution < 1.29 is 9.59 Å². The maximum absolute atomic E-state index is 13.5. The van der Waals surface area contributed by atoms with Crippen LogP contribution in [0.3, 0.4) is 0 Å². The van der Waals surface area contributed by atoms with Crippen LogP contribution in [-0.2, 0) is 9.59 Å². The summed E-state index contributed by atoms with van der Waals surface area (Å²) in [6, 6.07) is 14.0. The molecule has 33 heavy (non-hydrogen) atoms. The SMILES string of the molecule is Cc1ccc(C)c(N2C(=O)/C(=C/c3cc(C)n(-c4c(C)cccc4C)c3C)C(=O)NC2=S)c1. The number of nitrogens with zero attached hydrogens (tertiary/aromatic N) is 2. The first-order valence-corrected chi connectivity index (χ1v) is 11.2. The molecule has 0 bridgehead atoms. The number of benzene rings is 2. The molecular formula is C27H27N3O2S. The second kappa shape index (κ2) is 8.45. The molecule has 2 amide bonds. The van der Waals surface area contributed by atoms with E-state index in [1.807, 2.05) is 58.0 Å². The van der Waals surface area contributed by atoms with Gasteiger partial charge in [0.15, 0.2) is 5.11 Å². The van der Waals surface area contributed by atoms with Crippen molar-refractivity contribution in [2.75, 3.05) is 4.90 Å². The predicted molar refractivity (Wildman–Crippen MR) is 137 cm³/mol. The van der Waals surface area contributed by atoms with Gasteiger partial charge in [-0.2, -0.15) is 0 Å². The molecule has 1 aromatic heterocycles. The molecule has 5 nitrogen and oxygen atoms in total. The number of nitrogens with one attached hydrogen (secondary N) is 1. The summed E-state index contributed by atoms with van der Waals surface area (Å²) in [5, 5.41) is 2.78. The van der Waals surface area contributed by atoms with E-state index in [-0.39, 0.29) is 10.7 Å². The van der Waals surface area contributed by atoms with E-state index in [0.717, 1.165) is 44.9 Å². The topological polar surface area (TPSA) is 54.3 Å². The number of thiocarbonyl (C=S) groups is 1. The fourth-order valence-corrected chi connectivity index (χ4v) is 4.70. The molecule has 1 aliphatic rings. The first kappa shape index (κ1) is 22.7. The number of hydrogen-bond acceptors (Lipinski definition) is 3. The number of aromatic nitrogens is 1. The van der Waals surface area contributed by atoms with Gasteiger partial charge in [0.2, 0.25) is 0 Å². The van der Waals surface area contributed by atoms with Crippen LogP contribution in [0.1, 0.15) is 39.2 Å². The fourth-order valence-electron chi connectivity index (χ4n) is 4.43. The Kier molecular flexibility index (Phi) is 5.80. The Morgan fingerprint density at radius 1 is 0.879 bits per heavy atom. The fraction of sp³-hybridized carbons (Fsp3) is 0.222. The van der Waals surface area contributed by atoms with Crippen molar-refractivity contribution in [2.24, 2.45) is 0 Å². The summed E-state index contributed by atoms with van der Waals surface area (Å²) in [6.07, 6.45) is 1.67. The molecule has 0 unspecified atom stereocenters. The molecule has 2 aromatic carbocycles. The standard InChI is InChI=1S/C27H27N3O2S/c1-15-10-11-16(2)23(12-15)30-26(32)22(25(31)28-27(30)33)14-21-13-19(5)29(20(21)6)24-17(3)8-7-9-18(24)4/h7-14H,1-6H3,(H,28,31,33)/b22-14+. The van der Waals surface area contributed by atoms with Gasteiger partial charge in [0.25, 0.3) is 11.8 Å². The second-order valence-corrected chi connectivity index (χ2v) is 9.04. The molecule has 2 heterocycles. The number of anilines is 1. The number of amides is 2. The zero-order valence-electron chi connectivity index (χ0n) is 19.7. The lowest BCUT2D eigenvalue weighted by molar-refractivity contribution is -0.122. The Hall–Kier alpha value is -3.51. The third-order valence-corrected chi connectivity index (χ3v) is 6.43. The number of aryl methyl sites for hydroxylation is 5. The van der Waals surface area contributed by atoms with Crippen molar-refractivity contribution in [2.45, 2.75) is 41.5 Å². The third kappa shape index (κ3) is 3.91. The van der Waals surface area contributed by atoms with Gasteiger partial charge in [-0.1, -0.05) is 30.3 Å². The molecule has 168 valence electrons. The van der Waals surface area contributed by atoms with Gasteiger partial charge in [-0.05, 0) is 99.8 Å². The largest absolute Gasteiger partial charge is 0.317 e. The molecular weight excluding hydrogens is 430 g/mol. The van der Waals surface area contributed by atoms with Gasteiger partial charge in [-0.15, -0.1) is 0 Å². The normalized spacial score (nSPS) is 15.4. The van der Waals surface area contributed by atoms with Crippen LogP contribution in [0.4, 0.5) is 5.69 Å². The molecule has 3 aromatic rings. The molecule has 4 rings (SSSR count). The first-order chi connectivity index (χ1) is 15.6. The Labute approximate surface area is 199 Å². The zero-order valence-corrected chi connectivity index (χ0v) is 20.6. The molecule has 0 atom stereocenters. The van der Waals surface area contributed by atoms with Crippen molar-refractivity contribution in [1.29, 1.82) is 0 Å². The van der Waals surface area contributed by atoms with Crippen molar-refractivity contribution >= 4 is 40.9 Å². The average Bonchev–Trinajstić information content (AvgIpc) is 3.01. The van der Waals surface area contributed by atoms with Crippen LogP contribution in [0, 0.1) is 41.5 Å². The highest BCUT2D eigenvalue weighted by atomic mass is 32.1. The summed E-state index contributed by atoms with van der Waals surface area (Å²) in [5.74, 6) is -0.905. The number of carbonyl (C=O) groups excluding carboxylic acids is 2. The van der Waals surface area contributed by atoms with Crippen LogP contribution >= 0.6 is 12.2 Å². The average molecular weight is 458 g/mol. The van der Waals surface area contributed by atoms with Gasteiger partial charge in [0.1, 0.15) is 5.57 Å². The predicted octanol–water partition coefficient (Wildman–Crippen LogP) is 5.16. The number of para-hydroxylation sites is 1. The molecule has 0 aliphatic carbocycles. The highest BCUT2D eigenvalue weighted by Gasteiger charge is 2.35. The summed E-state index contributed by atoms with van der Waals surface area (Å²) < 4.78 is 2.18. The smallest absolute Gasteiger partial charge is 0.270 e. The summed E-state index contributed by atoms with van der Waals surface area (Å²) in [4.78, 5) is 27.7. The van der Waals surface area contributed by atoms with Gasteiger partial charge >= 0.3 is 0 Å². The van der Waals surface area contributed by atoms with Gasteiger partial charge in [0.05, 0.1) is 11.4 Å². The van der Waals surface area contributed by atoms with Gasteiger partial charge in [-0.3, -0.25) is 19.8 Å². The summed E-state index contributed by atoms with van der Waals surface area (Å²) in [5.41, 5.74) is 8.90. The van der Waals surface area contributed by atoms with Crippen molar-refractivity contribution in [3.8, 4) is 5.69 Å². The minimum atomic E-state index is -0.483. The van der Waals surface area contributed by atoms with Crippen LogP contribution in [-0.4, -0.2) is 21.5 Å². The van der Waals surface area contributed by atoms with Gasteiger partial charge in [0, 0.05) is 11.4 Å². The maximum atomic E-state index is 13.5. The molecule has 0 saturated carbocycles. The summed E-state index contributed by atoms with van der Waals surface area (Å²) in [7, 11) is 0. The number of rotatable bonds is 3. The Bertz CT molecular complexity index is 1340. The van der Waals surface area contributed by atoms with E-state index in [4.69, 9.17) is 12.2 Å². The molecule has 1 aliphatic heterocycles. The van der Waals surface area contributed by atoms with Crippen LogP contribution < -0.4 is 10.2 Å². The minimum absolute atomic E-state index is 0.0614. The van der Waals surface area contributed by atoms with Crippen LogP contribution in [0.25, 0.3) is 11.8 Å². The highest BCUT2D eigenvalue weighted by molar-refractivity contribution is 7.80. The van der Waals surface area contributed by atoms with Crippen molar-refractivity contribution in [3.63, 3.8) is 0 Å². The van der Waals surface area contributed by atoms with E-state index < -0.39 is 11.8 Å². The van der Waals surface area contributed by atoms with E-state index >= 15 is 0 Å². The van der Waals surface area contributed by atoms with Crippen molar-refractivity contribution in [1.82, 2.24) is 9.88 Å². The number of carbonyl (C=O) groups is 2. The Balaban J connectivity index is 1.82. The van der Waals surface area contributed by atoms with Gasteiger partial charge in [-0.25, -0.2) is 0 Å². The van der Waals surface area contributed by atoms with E-state index in [9.17, 15) is 9.59 Å². The lowest BCUT2D eigenvalue weighted by Gasteiger charge is -2.30. The Morgan fingerprint density at radius 2 is 1.55 bits per heavy atom. The van der Waals surface area contributed by atoms with E-state index in [1.165, 1.54) is 4.90 Å². The molecule has 0 radical (unpaired) electrons. The van der Waals surface area contributed by atoms with Gasteiger partial charge < -0.3 is 4.57 Å². The van der Waals surface area contributed by atoms with Crippen LogP contribution in [0.15, 0.2) is 48.0 Å². The minimum Gasteiger partial charge on any atom is -0.317 e. The summed E-state index contributed by atoms with van der Waals surface area (Å²) >= 11 is 5.37. The third-order valence-electron chi connectivity index (χ3n) is 6.14. The monoisotopic (exact) mass is 457 g/mol. The highest BCUT2D eigenvalue weighted by Crippen LogP contribution is 2.30. The molecule has 1 fully saturated rings. The quantitative estimate of drug-likeness (QED) is 0.336. The molecule has 6 heteroatoms. The molecule has 1 N–H and O–H groups in total. The lowest BCUT2D eigenvalue weighted by Crippen LogP contribution is -2.54. The van der Waals surface area contributed by atoms with E-state index in [0.29, 0.717) is 5.69 Å².